The molecule has 0 saturated heterocycles. The number of nitrogens with one attached hydrogen (secondary N) is 1. The Hall–Kier alpha value is -2.96. The maximum absolute atomic E-state index is 12.0. The third-order valence-corrected chi connectivity index (χ3v) is 2.43. The van der Waals surface area contributed by atoms with E-state index in [-0.39, 0.29) is 22.8 Å². The molecule has 0 bridgehead atoms. The van der Waals surface area contributed by atoms with E-state index in [1.165, 1.54) is 30.5 Å². The zero-order valence-electron chi connectivity index (χ0n) is 9.74. The fourth-order valence-corrected chi connectivity index (χ4v) is 1.54. The summed E-state index contributed by atoms with van der Waals surface area (Å²) < 4.78 is 0. The summed E-state index contributed by atoms with van der Waals surface area (Å²) in [5, 5.41) is 13.3. The molecule has 0 aliphatic heterocycles. The van der Waals surface area contributed by atoms with Crippen molar-refractivity contribution in [3.8, 4) is 0 Å². The van der Waals surface area contributed by atoms with E-state index in [9.17, 15) is 14.9 Å². The molecule has 0 aliphatic rings. The molecular formula is C12H10N4O3. The van der Waals surface area contributed by atoms with Crippen molar-refractivity contribution < 1.29 is 9.72 Å². The first-order valence-corrected chi connectivity index (χ1v) is 5.35. The molecule has 0 unspecified atom stereocenters. The predicted octanol–water partition coefficient (Wildman–Crippen LogP) is 1.82. The van der Waals surface area contributed by atoms with Crippen molar-refractivity contribution in [2.24, 2.45) is 0 Å². The minimum absolute atomic E-state index is 0.0681. The van der Waals surface area contributed by atoms with Crippen LogP contribution in [0.15, 0.2) is 42.6 Å². The largest absolute Gasteiger partial charge is 0.383 e. The molecular weight excluding hydrogens is 248 g/mol. The number of hydrogen-bond acceptors (Lipinski definition) is 5. The first-order valence-electron chi connectivity index (χ1n) is 5.35. The van der Waals surface area contributed by atoms with Gasteiger partial charge in [0.25, 0.3) is 11.6 Å². The topological polar surface area (TPSA) is 111 Å². The molecule has 3 N–H and O–H groups in total. The van der Waals surface area contributed by atoms with E-state index in [0.29, 0.717) is 0 Å². The predicted molar refractivity (Wildman–Crippen MR) is 69.7 cm³/mol. The van der Waals surface area contributed by atoms with Gasteiger partial charge in [0.1, 0.15) is 11.5 Å². The quantitative estimate of drug-likeness (QED) is 0.644. The lowest BCUT2D eigenvalue weighted by Crippen LogP contribution is -2.15. The van der Waals surface area contributed by atoms with E-state index >= 15 is 0 Å². The van der Waals surface area contributed by atoms with Gasteiger partial charge in [-0.15, -0.1) is 0 Å². The number of anilines is 2. The van der Waals surface area contributed by atoms with Crippen molar-refractivity contribution in [1.82, 2.24) is 4.98 Å². The van der Waals surface area contributed by atoms with Crippen LogP contribution in [0, 0.1) is 10.1 Å². The van der Waals surface area contributed by atoms with Gasteiger partial charge in [0, 0.05) is 12.3 Å². The van der Waals surface area contributed by atoms with Gasteiger partial charge in [-0.2, -0.15) is 0 Å². The fourth-order valence-electron chi connectivity index (χ4n) is 1.54. The highest BCUT2D eigenvalue weighted by molar-refractivity contribution is 6.08. The van der Waals surface area contributed by atoms with Gasteiger partial charge in [-0.25, -0.2) is 4.98 Å². The Kier molecular flexibility index (Phi) is 3.37. The van der Waals surface area contributed by atoms with Gasteiger partial charge in [0.15, 0.2) is 0 Å². The lowest BCUT2D eigenvalue weighted by Gasteiger charge is -2.06. The van der Waals surface area contributed by atoms with E-state index in [4.69, 9.17) is 5.73 Å². The van der Waals surface area contributed by atoms with Crippen LogP contribution in [0.3, 0.4) is 0 Å². The average Bonchev–Trinajstić information content (AvgIpc) is 2.39. The summed E-state index contributed by atoms with van der Waals surface area (Å²) in [5.41, 5.74) is 5.66. The number of nitro benzene ring substituents is 1. The van der Waals surface area contributed by atoms with E-state index in [2.05, 4.69) is 10.3 Å². The lowest BCUT2D eigenvalue weighted by atomic mass is 10.2. The van der Waals surface area contributed by atoms with E-state index in [1.54, 1.807) is 12.1 Å². The summed E-state index contributed by atoms with van der Waals surface area (Å²) in [6.45, 7) is 0. The molecule has 2 aromatic rings. The zero-order valence-corrected chi connectivity index (χ0v) is 9.74. The number of nitrogens with two attached hydrogens (primary N) is 1. The number of benzene rings is 1. The minimum atomic E-state index is -0.567. The van der Waals surface area contributed by atoms with Crippen LogP contribution >= 0.6 is 0 Å². The Balaban J connectivity index is 2.30. The molecule has 19 heavy (non-hydrogen) atoms. The van der Waals surface area contributed by atoms with Gasteiger partial charge in [-0.1, -0.05) is 12.1 Å². The number of pyridine rings is 1. The van der Waals surface area contributed by atoms with Crippen molar-refractivity contribution in [3.63, 3.8) is 0 Å². The number of carbonyl (C=O) groups is 1. The maximum atomic E-state index is 12.0. The van der Waals surface area contributed by atoms with Gasteiger partial charge < -0.3 is 11.1 Å². The van der Waals surface area contributed by atoms with E-state index < -0.39 is 10.8 Å². The standard InChI is InChI=1S/C12H10N4O3/c13-11-8(4-3-7-14-11)12(17)15-9-5-1-2-6-10(9)16(18)19/h1-7H,(H2,13,14)(H,15,17). The van der Waals surface area contributed by atoms with Crippen LogP contribution < -0.4 is 11.1 Å². The van der Waals surface area contributed by atoms with Crippen LogP contribution in [0.1, 0.15) is 10.4 Å². The van der Waals surface area contributed by atoms with Gasteiger partial charge >= 0.3 is 0 Å². The van der Waals surface area contributed by atoms with Crippen LogP contribution in [0.4, 0.5) is 17.2 Å². The van der Waals surface area contributed by atoms with Crippen molar-refractivity contribution in [2.45, 2.75) is 0 Å². The molecule has 7 heteroatoms. The third-order valence-electron chi connectivity index (χ3n) is 2.43. The molecule has 1 aromatic carbocycles. The number of nitrogens with zero attached hydrogens (tertiary/aromatic N) is 2. The highest BCUT2D eigenvalue weighted by atomic mass is 16.6. The normalized spacial score (nSPS) is 9.89. The molecule has 0 atom stereocenters. The highest BCUT2D eigenvalue weighted by Gasteiger charge is 2.17. The fraction of sp³-hybridized carbons (Fsp3) is 0. The summed E-state index contributed by atoms with van der Waals surface area (Å²) in [4.78, 5) is 26.0. The first kappa shape index (κ1) is 12.5. The summed E-state index contributed by atoms with van der Waals surface area (Å²) in [7, 11) is 0. The Morgan fingerprint density at radius 3 is 2.68 bits per heavy atom. The second-order valence-corrected chi connectivity index (χ2v) is 3.66. The molecule has 1 heterocycles. The molecule has 0 radical (unpaired) electrons. The SMILES string of the molecule is Nc1ncccc1C(=O)Nc1ccccc1[N+](=O)[O-]. The number of aromatic nitrogens is 1. The molecule has 0 fully saturated rings. The Labute approximate surface area is 108 Å². The van der Waals surface area contributed by atoms with Gasteiger partial charge in [0.05, 0.1) is 10.5 Å². The Bertz CT molecular complexity index is 642. The summed E-state index contributed by atoms with van der Waals surface area (Å²) in [6.07, 6.45) is 1.46. The Morgan fingerprint density at radius 1 is 1.26 bits per heavy atom. The van der Waals surface area contributed by atoms with Crippen LogP contribution in [-0.2, 0) is 0 Å². The van der Waals surface area contributed by atoms with Crippen molar-refractivity contribution >= 4 is 23.1 Å². The number of hydrogen-bond donors (Lipinski definition) is 2. The van der Waals surface area contributed by atoms with E-state index in [0.717, 1.165) is 0 Å². The van der Waals surface area contributed by atoms with Crippen LogP contribution in [0.25, 0.3) is 0 Å². The molecule has 1 amide bonds. The number of rotatable bonds is 3. The number of nitro groups is 1. The number of amides is 1. The highest BCUT2D eigenvalue weighted by Crippen LogP contribution is 2.24. The molecule has 0 spiro atoms. The van der Waals surface area contributed by atoms with Crippen molar-refractivity contribution in [2.75, 3.05) is 11.1 Å². The van der Waals surface area contributed by atoms with Crippen LogP contribution in [0.5, 0.6) is 0 Å². The van der Waals surface area contributed by atoms with Crippen molar-refractivity contribution in [1.29, 1.82) is 0 Å². The van der Waals surface area contributed by atoms with Gasteiger partial charge in [-0.3, -0.25) is 14.9 Å². The second kappa shape index (κ2) is 5.13. The molecule has 7 nitrogen and oxygen atoms in total. The van der Waals surface area contributed by atoms with E-state index in [1.807, 2.05) is 0 Å². The zero-order chi connectivity index (χ0) is 13.8. The second-order valence-electron chi connectivity index (χ2n) is 3.66. The molecule has 0 saturated carbocycles. The smallest absolute Gasteiger partial charge is 0.292 e. The number of para-hydroxylation sites is 2. The molecule has 2 rings (SSSR count). The maximum Gasteiger partial charge on any atom is 0.292 e. The molecule has 1 aromatic heterocycles. The Morgan fingerprint density at radius 2 is 2.00 bits per heavy atom. The molecule has 96 valence electrons. The lowest BCUT2D eigenvalue weighted by molar-refractivity contribution is -0.383. The summed E-state index contributed by atoms with van der Waals surface area (Å²) in [5.74, 6) is -0.474. The summed E-state index contributed by atoms with van der Waals surface area (Å²) in [6, 6.07) is 8.92. The van der Waals surface area contributed by atoms with Gasteiger partial charge in [0.2, 0.25) is 0 Å². The first-order chi connectivity index (χ1) is 9.09. The molecule has 0 aliphatic carbocycles. The number of carbonyl (C=O) groups excluding carboxylic acids is 1. The van der Waals surface area contributed by atoms with Gasteiger partial charge in [-0.05, 0) is 18.2 Å². The monoisotopic (exact) mass is 258 g/mol. The van der Waals surface area contributed by atoms with Crippen molar-refractivity contribution in [3.05, 3.63) is 58.3 Å². The minimum Gasteiger partial charge on any atom is -0.383 e. The average molecular weight is 258 g/mol. The van der Waals surface area contributed by atoms with Crippen LogP contribution in [-0.4, -0.2) is 15.8 Å². The summed E-state index contributed by atoms with van der Waals surface area (Å²) >= 11 is 0. The third kappa shape index (κ3) is 2.65. The van der Waals surface area contributed by atoms with Crippen LogP contribution in [0.2, 0.25) is 0 Å². The number of nitrogen functional groups attached to an aromatic ring is 1.